The van der Waals surface area contributed by atoms with E-state index in [-0.39, 0.29) is 11.9 Å². The lowest BCUT2D eigenvalue weighted by Crippen LogP contribution is -2.18. The highest BCUT2D eigenvalue weighted by Crippen LogP contribution is 2.28. The van der Waals surface area contributed by atoms with Crippen molar-refractivity contribution in [2.24, 2.45) is 0 Å². The standard InChI is InChI=1S/C15H17FN2O2/c1-19-15-7-11-13(18-9-10-3-2-6-20-10)4-5-17-14(11)8-12(15)16/h4-5,7-8,10H,2-3,6,9H2,1H3,(H,17,18)/t10-/m0/s1. The Hall–Kier alpha value is -1.88. The zero-order valence-electron chi connectivity index (χ0n) is 11.4. The van der Waals surface area contributed by atoms with Crippen LogP contribution in [0.25, 0.3) is 10.9 Å². The number of ether oxygens (including phenoxy) is 2. The van der Waals surface area contributed by atoms with Gasteiger partial charge in [-0.2, -0.15) is 0 Å². The van der Waals surface area contributed by atoms with Gasteiger partial charge in [-0.3, -0.25) is 4.98 Å². The van der Waals surface area contributed by atoms with Crippen LogP contribution >= 0.6 is 0 Å². The van der Waals surface area contributed by atoms with Gasteiger partial charge in [0.1, 0.15) is 0 Å². The number of nitrogens with zero attached hydrogens (tertiary/aromatic N) is 1. The molecule has 0 radical (unpaired) electrons. The van der Waals surface area contributed by atoms with Crippen LogP contribution in [0, 0.1) is 5.82 Å². The summed E-state index contributed by atoms with van der Waals surface area (Å²) in [6, 6.07) is 4.95. The minimum absolute atomic E-state index is 0.227. The molecule has 1 atom stereocenters. The van der Waals surface area contributed by atoms with Crippen molar-refractivity contribution in [2.45, 2.75) is 18.9 Å². The second kappa shape index (κ2) is 5.63. The molecule has 1 aliphatic heterocycles. The third-order valence-electron chi connectivity index (χ3n) is 3.56. The summed E-state index contributed by atoms with van der Waals surface area (Å²) >= 11 is 0. The van der Waals surface area contributed by atoms with E-state index in [9.17, 15) is 4.39 Å². The van der Waals surface area contributed by atoms with Gasteiger partial charge in [-0.1, -0.05) is 0 Å². The van der Waals surface area contributed by atoms with Crippen molar-refractivity contribution >= 4 is 16.6 Å². The number of hydrogen-bond donors (Lipinski definition) is 1. The molecule has 1 fully saturated rings. The zero-order chi connectivity index (χ0) is 13.9. The number of fused-ring (bicyclic) bond motifs is 1. The molecule has 1 aromatic carbocycles. The predicted octanol–water partition coefficient (Wildman–Crippen LogP) is 2.97. The van der Waals surface area contributed by atoms with Crippen molar-refractivity contribution in [2.75, 3.05) is 25.6 Å². The molecule has 4 nitrogen and oxygen atoms in total. The highest BCUT2D eigenvalue weighted by Gasteiger charge is 2.16. The lowest BCUT2D eigenvalue weighted by molar-refractivity contribution is 0.120. The maximum Gasteiger partial charge on any atom is 0.167 e. The molecule has 5 heteroatoms. The Morgan fingerprint density at radius 2 is 2.40 bits per heavy atom. The largest absolute Gasteiger partial charge is 0.494 e. The summed E-state index contributed by atoms with van der Waals surface area (Å²) in [5.74, 6) is -0.172. The lowest BCUT2D eigenvalue weighted by atomic mass is 10.1. The van der Waals surface area contributed by atoms with Gasteiger partial charge in [0.05, 0.1) is 18.7 Å². The number of anilines is 1. The van der Waals surface area contributed by atoms with Crippen LogP contribution in [0.4, 0.5) is 10.1 Å². The fourth-order valence-electron chi connectivity index (χ4n) is 2.49. The maximum atomic E-state index is 13.7. The van der Waals surface area contributed by atoms with Crippen LogP contribution in [-0.4, -0.2) is 31.3 Å². The molecule has 0 bridgehead atoms. The van der Waals surface area contributed by atoms with E-state index in [1.807, 2.05) is 6.07 Å². The molecule has 3 rings (SSSR count). The Morgan fingerprint density at radius 1 is 1.50 bits per heavy atom. The topological polar surface area (TPSA) is 43.4 Å². The second-order valence-corrected chi connectivity index (χ2v) is 4.88. The molecule has 2 aromatic rings. The fraction of sp³-hybridized carbons (Fsp3) is 0.400. The smallest absolute Gasteiger partial charge is 0.167 e. The molecule has 2 heterocycles. The second-order valence-electron chi connectivity index (χ2n) is 4.88. The molecule has 0 saturated carbocycles. The van der Waals surface area contributed by atoms with Crippen molar-refractivity contribution < 1.29 is 13.9 Å². The number of hydrogen-bond acceptors (Lipinski definition) is 4. The molecule has 106 valence electrons. The first-order chi connectivity index (χ1) is 9.78. The van der Waals surface area contributed by atoms with E-state index in [0.717, 1.165) is 37.1 Å². The van der Waals surface area contributed by atoms with E-state index in [2.05, 4.69) is 10.3 Å². The lowest BCUT2D eigenvalue weighted by Gasteiger charge is -2.14. The van der Waals surface area contributed by atoms with Crippen LogP contribution in [0.2, 0.25) is 0 Å². The minimum atomic E-state index is -0.399. The predicted molar refractivity (Wildman–Crippen MR) is 75.7 cm³/mol. The van der Waals surface area contributed by atoms with E-state index in [0.29, 0.717) is 5.52 Å². The highest BCUT2D eigenvalue weighted by molar-refractivity contribution is 5.92. The number of nitrogens with one attached hydrogen (secondary N) is 1. The average molecular weight is 276 g/mol. The summed E-state index contributed by atoms with van der Waals surface area (Å²) in [6.07, 6.45) is 4.11. The Kier molecular flexibility index (Phi) is 3.69. The molecule has 0 amide bonds. The molecule has 1 aliphatic rings. The number of aromatic nitrogens is 1. The van der Waals surface area contributed by atoms with Gasteiger partial charge in [-0.15, -0.1) is 0 Å². The van der Waals surface area contributed by atoms with Gasteiger partial charge in [0, 0.05) is 36.5 Å². The summed E-state index contributed by atoms with van der Waals surface area (Å²) in [5, 5.41) is 4.21. The Labute approximate surface area is 116 Å². The van der Waals surface area contributed by atoms with Crippen LogP contribution in [0.1, 0.15) is 12.8 Å². The molecule has 0 unspecified atom stereocenters. The summed E-state index contributed by atoms with van der Waals surface area (Å²) < 4.78 is 24.3. The first-order valence-corrected chi connectivity index (χ1v) is 6.75. The minimum Gasteiger partial charge on any atom is -0.494 e. The number of pyridine rings is 1. The average Bonchev–Trinajstić information content (AvgIpc) is 2.97. The molecule has 0 spiro atoms. The molecule has 1 aromatic heterocycles. The van der Waals surface area contributed by atoms with Gasteiger partial charge in [0.25, 0.3) is 0 Å². The van der Waals surface area contributed by atoms with E-state index in [1.54, 1.807) is 12.3 Å². The summed E-state index contributed by atoms with van der Waals surface area (Å²) in [4.78, 5) is 4.19. The quantitative estimate of drug-likeness (QED) is 0.932. The van der Waals surface area contributed by atoms with Crippen molar-refractivity contribution in [3.8, 4) is 5.75 Å². The van der Waals surface area contributed by atoms with Gasteiger partial charge in [-0.05, 0) is 25.0 Å². The number of rotatable bonds is 4. The molecule has 1 N–H and O–H groups in total. The van der Waals surface area contributed by atoms with Crippen LogP contribution in [0.3, 0.4) is 0 Å². The SMILES string of the molecule is COc1cc2c(NC[C@@H]3CCCO3)ccnc2cc1F. The maximum absolute atomic E-state index is 13.7. The first kappa shape index (κ1) is 13.1. The third kappa shape index (κ3) is 2.54. The zero-order valence-corrected chi connectivity index (χ0v) is 11.4. The number of halogens is 1. The number of methoxy groups -OCH3 is 1. The van der Waals surface area contributed by atoms with Crippen molar-refractivity contribution in [3.05, 3.63) is 30.2 Å². The molecule has 1 saturated heterocycles. The Morgan fingerprint density at radius 3 is 3.15 bits per heavy atom. The van der Waals surface area contributed by atoms with Crippen LogP contribution < -0.4 is 10.1 Å². The summed E-state index contributed by atoms with van der Waals surface area (Å²) in [5.41, 5.74) is 1.53. The normalized spacial score (nSPS) is 18.4. The van der Waals surface area contributed by atoms with E-state index in [4.69, 9.17) is 9.47 Å². The monoisotopic (exact) mass is 276 g/mol. The van der Waals surface area contributed by atoms with Gasteiger partial charge in [-0.25, -0.2) is 4.39 Å². The highest BCUT2D eigenvalue weighted by atomic mass is 19.1. The van der Waals surface area contributed by atoms with E-state index >= 15 is 0 Å². The summed E-state index contributed by atoms with van der Waals surface area (Å²) in [7, 11) is 1.46. The van der Waals surface area contributed by atoms with Crippen LogP contribution in [0.5, 0.6) is 5.75 Å². The molecular weight excluding hydrogens is 259 g/mol. The molecule has 0 aliphatic carbocycles. The molecular formula is C15H17FN2O2. The fourth-order valence-corrected chi connectivity index (χ4v) is 2.49. The van der Waals surface area contributed by atoms with Crippen molar-refractivity contribution in [1.82, 2.24) is 4.98 Å². The van der Waals surface area contributed by atoms with Crippen molar-refractivity contribution in [1.29, 1.82) is 0 Å². The van der Waals surface area contributed by atoms with Gasteiger partial charge in [0.2, 0.25) is 0 Å². The third-order valence-corrected chi connectivity index (χ3v) is 3.56. The molecule has 20 heavy (non-hydrogen) atoms. The van der Waals surface area contributed by atoms with Crippen LogP contribution in [-0.2, 0) is 4.74 Å². The van der Waals surface area contributed by atoms with Gasteiger partial charge < -0.3 is 14.8 Å². The Bertz CT molecular complexity index is 612. The summed E-state index contributed by atoms with van der Waals surface area (Å²) in [6.45, 7) is 1.58. The van der Waals surface area contributed by atoms with E-state index in [1.165, 1.54) is 13.2 Å². The Balaban J connectivity index is 1.89. The van der Waals surface area contributed by atoms with Gasteiger partial charge >= 0.3 is 0 Å². The number of benzene rings is 1. The first-order valence-electron chi connectivity index (χ1n) is 6.75. The van der Waals surface area contributed by atoms with E-state index < -0.39 is 5.82 Å². The van der Waals surface area contributed by atoms with Gasteiger partial charge in [0.15, 0.2) is 11.6 Å². The van der Waals surface area contributed by atoms with Crippen LogP contribution in [0.15, 0.2) is 24.4 Å². The van der Waals surface area contributed by atoms with Crippen molar-refractivity contribution in [3.63, 3.8) is 0 Å².